The summed E-state index contributed by atoms with van der Waals surface area (Å²) in [6, 6.07) is 3.39. The van der Waals surface area contributed by atoms with Crippen molar-refractivity contribution in [2.75, 3.05) is 5.75 Å². The fraction of sp³-hybridized carbons (Fsp3) is 0.538. The highest BCUT2D eigenvalue weighted by Gasteiger charge is 2.23. The van der Waals surface area contributed by atoms with E-state index in [1.165, 1.54) is 12.5 Å². The van der Waals surface area contributed by atoms with Gasteiger partial charge in [-0.3, -0.25) is 0 Å². The minimum atomic E-state index is -3.68. The van der Waals surface area contributed by atoms with E-state index in [-0.39, 0.29) is 22.4 Å². The van der Waals surface area contributed by atoms with E-state index in [0.717, 1.165) is 37.8 Å². The highest BCUT2D eigenvalue weighted by molar-refractivity contribution is 7.87. The van der Waals surface area contributed by atoms with Crippen LogP contribution in [0.4, 0.5) is 4.39 Å². The molecular formula is C13H16ClFO3S. The Bertz CT molecular complexity index is 539. The van der Waals surface area contributed by atoms with Crippen molar-refractivity contribution in [1.82, 2.24) is 0 Å². The normalized spacial score (nSPS) is 17.4. The van der Waals surface area contributed by atoms with Crippen molar-refractivity contribution in [1.29, 1.82) is 0 Å². The Balaban J connectivity index is 2.03. The van der Waals surface area contributed by atoms with Gasteiger partial charge >= 0.3 is 10.1 Å². The molecule has 0 aliphatic heterocycles. The van der Waals surface area contributed by atoms with E-state index in [1.54, 1.807) is 0 Å². The van der Waals surface area contributed by atoms with Gasteiger partial charge in [0.2, 0.25) is 0 Å². The molecule has 1 aromatic carbocycles. The lowest BCUT2D eigenvalue weighted by Crippen LogP contribution is -2.22. The summed E-state index contributed by atoms with van der Waals surface area (Å²) < 4.78 is 41.7. The predicted octanol–water partition coefficient (Wildman–Crippen LogP) is 3.77. The molecule has 0 heterocycles. The van der Waals surface area contributed by atoms with Crippen LogP contribution in [-0.2, 0) is 10.1 Å². The standard InChI is InChI=1S/C13H16ClFO3S/c14-12-8-11(15)6-7-13(12)18-19(16,17)9-10-4-2-1-3-5-10/h6-8,10H,1-5,9H2. The van der Waals surface area contributed by atoms with Crippen LogP contribution in [0.2, 0.25) is 5.02 Å². The molecule has 0 aromatic heterocycles. The van der Waals surface area contributed by atoms with Crippen molar-refractivity contribution in [2.24, 2.45) is 5.92 Å². The molecule has 1 aliphatic carbocycles. The molecular weight excluding hydrogens is 291 g/mol. The van der Waals surface area contributed by atoms with Crippen molar-refractivity contribution in [3.05, 3.63) is 29.0 Å². The van der Waals surface area contributed by atoms with Crippen LogP contribution in [0.15, 0.2) is 18.2 Å². The fourth-order valence-electron chi connectivity index (χ4n) is 2.36. The topological polar surface area (TPSA) is 43.4 Å². The van der Waals surface area contributed by atoms with E-state index in [4.69, 9.17) is 15.8 Å². The van der Waals surface area contributed by atoms with Gasteiger partial charge in [-0.1, -0.05) is 30.9 Å². The number of halogens is 2. The van der Waals surface area contributed by atoms with Gasteiger partial charge in [0.05, 0.1) is 10.8 Å². The Labute approximate surface area is 117 Å². The van der Waals surface area contributed by atoms with E-state index >= 15 is 0 Å². The first kappa shape index (κ1) is 14.6. The summed E-state index contributed by atoms with van der Waals surface area (Å²) in [7, 11) is -3.68. The van der Waals surface area contributed by atoms with E-state index in [9.17, 15) is 12.8 Å². The summed E-state index contributed by atoms with van der Waals surface area (Å²) in [5, 5.41) is -0.0350. The van der Waals surface area contributed by atoms with E-state index < -0.39 is 15.9 Å². The first-order valence-corrected chi connectivity index (χ1v) is 8.29. The quantitative estimate of drug-likeness (QED) is 0.795. The first-order valence-electron chi connectivity index (χ1n) is 6.33. The lowest BCUT2D eigenvalue weighted by Gasteiger charge is -2.21. The molecule has 1 fully saturated rings. The maximum Gasteiger partial charge on any atom is 0.309 e. The smallest absolute Gasteiger partial charge is 0.309 e. The molecule has 0 radical (unpaired) electrons. The summed E-state index contributed by atoms with van der Waals surface area (Å²) in [6.07, 6.45) is 5.13. The van der Waals surface area contributed by atoms with Gasteiger partial charge in [-0.05, 0) is 37.0 Å². The maximum absolute atomic E-state index is 12.9. The zero-order valence-corrected chi connectivity index (χ0v) is 12.0. The zero-order valence-electron chi connectivity index (χ0n) is 10.4. The lowest BCUT2D eigenvalue weighted by molar-refractivity contribution is 0.375. The van der Waals surface area contributed by atoms with Gasteiger partial charge in [-0.25, -0.2) is 4.39 Å². The zero-order chi connectivity index (χ0) is 13.9. The van der Waals surface area contributed by atoms with Crippen LogP contribution in [0.25, 0.3) is 0 Å². The van der Waals surface area contributed by atoms with Crippen LogP contribution in [-0.4, -0.2) is 14.2 Å². The average Bonchev–Trinajstić information content (AvgIpc) is 2.33. The van der Waals surface area contributed by atoms with Crippen molar-refractivity contribution >= 4 is 21.7 Å². The second kappa shape index (κ2) is 6.09. The Morgan fingerprint density at radius 1 is 1.26 bits per heavy atom. The molecule has 106 valence electrons. The molecule has 0 atom stereocenters. The second-order valence-corrected chi connectivity index (χ2v) is 6.91. The third kappa shape index (κ3) is 4.35. The van der Waals surface area contributed by atoms with Gasteiger partial charge in [-0.2, -0.15) is 8.42 Å². The molecule has 0 bridgehead atoms. The molecule has 0 spiro atoms. The van der Waals surface area contributed by atoms with Crippen molar-refractivity contribution in [2.45, 2.75) is 32.1 Å². The van der Waals surface area contributed by atoms with Gasteiger partial charge in [0.25, 0.3) is 0 Å². The van der Waals surface area contributed by atoms with Crippen LogP contribution in [0.1, 0.15) is 32.1 Å². The Hall–Kier alpha value is -0.810. The van der Waals surface area contributed by atoms with Gasteiger partial charge in [0, 0.05) is 0 Å². The lowest BCUT2D eigenvalue weighted by atomic mass is 9.91. The summed E-state index contributed by atoms with van der Waals surface area (Å²) in [4.78, 5) is 0. The molecule has 0 saturated heterocycles. The molecule has 1 saturated carbocycles. The molecule has 3 nitrogen and oxygen atoms in total. The summed E-state index contributed by atoms with van der Waals surface area (Å²) in [5.74, 6) is -0.389. The van der Waals surface area contributed by atoms with Gasteiger partial charge in [0.15, 0.2) is 5.75 Å². The Morgan fingerprint density at radius 3 is 2.58 bits per heavy atom. The third-order valence-electron chi connectivity index (χ3n) is 3.28. The fourth-order valence-corrected chi connectivity index (χ4v) is 4.01. The maximum atomic E-state index is 12.9. The van der Waals surface area contributed by atoms with Crippen molar-refractivity contribution < 1.29 is 17.0 Å². The van der Waals surface area contributed by atoms with E-state index in [1.807, 2.05) is 0 Å². The van der Waals surface area contributed by atoms with Crippen LogP contribution in [0.5, 0.6) is 5.75 Å². The number of benzene rings is 1. The number of hydrogen-bond acceptors (Lipinski definition) is 3. The summed E-state index contributed by atoms with van der Waals surface area (Å²) in [6.45, 7) is 0. The molecule has 0 N–H and O–H groups in total. The number of rotatable bonds is 4. The molecule has 2 rings (SSSR count). The molecule has 1 aromatic rings. The molecule has 1 aliphatic rings. The first-order chi connectivity index (χ1) is 8.96. The third-order valence-corrected chi connectivity index (χ3v) is 4.88. The van der Waals surface area contributed by atoms with Crippen LogP contribution < -0.4 is 4.18 Å². The Kier molecular flexibility index (Phi) is 4.68. The minimum absolute atomic E-state index is 0.000700. The summed E-state index contributed by atoms with van der Waals surface area (Å²) in [5.41, 5.74) is 0. The highest BCUT2D eigenvalue weighted by atomic mass is 35.5. The highest BCUT2D eigenvalue weighted by Crippen LogP contribution is 2.29. The van der Waals surface area contributed by atoms with Crippen LogP contribution >= 0.6 is 11.6 Å². The molecule has 6 heteroatoms. The van der Waals surface area contributed by atoms with E-state index in [0.29, 0.717) is 0 Å². The van der Waals surface area contributed by atoms with Crippen molar-refractivity contribution in [3.63, 3.8) is 0 Å². The molecule has 0 amide bonds. The van der Waals surface area contributed by atoms with Crippen molar-refractivity contribution in [3.8, 4) is 5.75 Å². The largest absolute Gasteiger partial charge is 0.381 e. The van der Waals surface area contributed by atoms with Gasteiger partial charge in [0.1, 0.15) is 5.82 Å². The Morgan fingerprint density at radius 2 is 1.95 bits per heavy atom. The summed E-state index contributed by atoms with van der Waals surface area (Å²) >= 11 is 5.75. The van der Waals surface area contributed by atoms with Gasteiger partial charge in [-0.15, -0.1) is 0 Å². The average molecular weight is 307 g/mol. The minimum Gasteiger partial charge on any atom is -0.381 e. The second-order valence-electron chi connectivity index (χ2n) is 4.89. The number of hydrogen-bond donors (Lipinski definition) is 0. The van der Waals surface area contributed by atoms with Crippen LogP contribution in [0, 0.1) is 11.7 Å². The predicted molar refractivity (Wildman–Crippen MR) is 72.4 cm³/mol. The van der Waals surface area contributed by atoms with E-state index in [2.05, 4.69) is 0 Å². The SMILES string of the molecule is O=S(=O)(CC1CCCCC1)Oc1ccc(F)cc1Cl. The molecule has 0 unspecified atom stereocenters. The van der Waals surface area contributed by atoms with Crippen LogP contribution in [0.3, 0.4) is 0 Å². The monoisotopic (exact) mass is 306 g/mol. The molecule has 19 heavy (non-hydrogen) atoms. The van der Waals surface area contributed by atoms with Gasteiger partial charge < -0.3 is 4.18 Å².